The van der Waals surface area contributed by atoms with E-state index in [0.717, 1.165) is 18.0 Å². The van der Waals surface area contributed by atoms with Gasteiger partial charge in [-0.3, -0.25) is 0 Å². The molecule has 13 heavy (non-hydrogen) atoms. The van der Waals surface area contributed by atoms with Crippen molar-refractivity contribution in [1.29, 1.82) is 0 Å². The minimum atomic E-state index is 0.718. The Morgan fingerprint density at radius 1 is 1.46 bits per heavy atom. The Kier molecular flexibility index (Phi) is 5.14. The van der Waals surface area contributed by atoms with Crippen molar-refractivity contribution in [3.63, 3.8) is 0 Å². The van der Waals surface area contributed by atoms with Gasteiger partial charge in [0.25, 0.3) is 0 Å². The molecule has 0 saturated carbocycles. The van der Waals surface area contributed by atoms with Crippen LogP contribution in [0.5, 0.6) is 0 Å². The van der Waals surface area contributed by atoms with E-state index in [4.69, 9.17) is 0 Å². The number of nitrogens with zero attached hydrogens (tertiary/aromatic N) is 1. The molecule has 1 aliphatic heterocycles. The summed E-state index contributed by atoms with van der Waals surface area (Å²) in [6.45, 7) is 5.77. The Labute approximate surface area is 86.5 Å². The number of rotatable bonds is 5. The van der Waals surface area contributed by atoms with Crippen LogP contribution in [-0.2, 0) is 0 Å². The van der Waals surface area contributed by atoms with Gasteiger partial charge in [0.2, 0.25) is 0 Å². The Hall–Kier alpha value is 0.270. The van der Waals surface area contributed by atoms with Crippen molar-refractivity contribution in [2.75, 3.05) is 25.2 Å². The Morgan fingerprint density at radius 3 is 2.62 bits per heavy atom. The summed E-state index contributed by atoms with van der Waals surface area (Å²) in [7, 11) is 2.25. The smallest absolute Gasteiger partial charge is 0.0421 e. The maximum atomic E-state index is 3.51. The molecule has 1 heterocycles. The predicted octanol–water partition coefficient (Wildman–Crippen LogP) is 1.77. The molecule has 78 valence electrons. The van der Waals surface area contributed by atoms with Gasteiger partial charge >= 0.3 is 0 Å². The molecular formula is C10H22N2S. The summed E-state index contributed by atoms with van der Waals surface area (Å²) < 4.78 is 0. The van der Waals surface area contributed by atoms with Gasteiger partial charge in [-0.2, -0.15) is 0 Å². The van der Waals surface area contributed by atoms with Gasteiger partial charge in [0.05, 0.1) is 0 Å². The van der Waals surface area contributed by atoms with Crippen LogP contribution >= 0.6 is 11.8 Å². The summed E-state index contributed by atoms with van der Waals surface area (Å²) in [5.74, 6) is 2.42. The van der Waals surface area contributed by atoms with Gasteiger partial charge in [0.15, 0.2) is 0 Å². The highest BCUT2D eigenvalue weighted by Gasteiger charge is 2.19. The van der Waals surface area contributed by atoms with Crippen LogP contribution in [0.25, 0.3) is 0 Å². The van der Waals surface area contributed by atoms with E-state index in [1.165, 1.54) is 25.1 Å². The lowest BCUT2D eigenvalue weighted by molar-refractivity contribution is 0.215. The molecule has 1 unspecified atom stereocenters. The van der Waals surface area contributed by atoms with Crippen molar-refractivity contribution < 1.29 is 0 Å². The highest BCUT2D eigenvalue weighted by atomic mass is 32.2. The van der Waals surface area contributed by atoms with Gasteiger partial charge in [-0.1, -0.05) is 13.8 Å². The number of thioether (sulfide) groups is 1. The Bertz CT molecular complexity index is 131. The van der Waals surface area contributed by atoms with Crippen LogP contribution in [0.3, 0.4) is 0 Å². The third-order valence-electron chi connectivity index (χ3n) is 2.87. The molecule has 1 saturated heterocycles. The lowest BCUT2D eigenvalue weighted by Crippen LogP contribution is -2.41. The highest BCUT2D eigenvalue weighted by Crippen LogP contribution is 2.13. The molecule has 1 fully saturated rings. The lowest BCUT2D eigenvalue weighted by Gasteiger charge is -2.28. The monoisotopic (exact) mass is 202 g/mol. The van der Waals surface area contributed by atoms with Crippen molar-refractivity contribution in [2.24, 2.45) is 0 Å². The molecule has 0 aromatic heterocycles. The summed E-state index contributed by atoms with van der Waals surface area (Å²) >= 11 is 2.01. The molecule has 1 rings (SSSR count). The zero-order chi connectivity index (χ0) is 9.68. The maximum Gasteiger partial charge on any atom is 0.0421 e. The van der Waals surface area contributed by atoms with Crippen LogP contribution in [0.2, 0.25) is 0 Å². The van der Waals surface area contributed by atoms with Crippen molar-refractivity contribution in [2.45, 2.75) is 38.8 Å². The Morgan fingerprint density at radius 2 is 2.15 bits per heavy atom. The largest absolute Gasteiger partial charge is 0.303 e. The van der Waals surface area contributed by atoms with Gasteiger partial charge in [0.1, 0.15) is 0 Å². The zero-order valence-electron chi connectivity index (χ0n) is 9.05. The molecule has 3 heteroatoms. The molecule has 0 spiro atoms. The van der Waals surface area contributed by atoms with Gasteiger partial charge in [-0.25, -0.2) is 0 Å². The van der Waals surface area contributed by atoms with Crippen LogP contribution in [0.4, 0.5) is 0 Å². The van der Waals surface area contributed by atoms with E-state index in [-0.39, 0.29) is 0 Å². The normalized spacial score (nSPS) is 23.3. The first kappa shape index (κ1) is 11.3. The number of likely N-dealkylation sites (N-methyl/N-ethyl adjacent to an activating group) is 1. The van der Waals surface area contributed by atoms with Gasteiger partial charge in [-0.15, -0.1) is 11.8 Å². The van der Waals surface area contributed by atoms with Gasteiger partial charge in [0, 0.05) is 30.3 Å². The first-order valence-corrected chi connectivity index (χ1v) is 6.44. The first-order chi connectivity index (χ1) is 6.27. The fraction of sp³-hybridized carbons (Fsp3) is 1.00. The summed E-state index contributed by atoms with van der Waals surface area (Å²) in [5.41, 5.74) is 0. The van der Waals surface area contributed by atoms with Gasteiger partial charge in [-0.05, 0) is 19.9 Å². The van der Waals surface area contributed by atoms with Crippen molar-refractivity contribution >= 4 is 11.8 Å². The number of hydrogen-bond acceptors (Lipinski definition) is 3. The molecule has 1 aliphatic rings. The second-order valence-corrected chi connectivity index (χ2v) is 4.86. The molecule has 1 atom stereocenters. The number of nitrogens with one attached hydrogen (secondary N) is 1. The standard InChI is InChI=1S/C10H22N2S/c1-4-10(5-2)12(3)6-9-7-13-8-11-9/h9-11H,4-8H2,1-3H3. The topological polar surface area (TPSA) is 15.3 Å². The van der Waals surface area contributed by atoms with Crippen LogP contribution in [-0.4, -0.2) is 42.2 Å². The summed E-state index contributed by atoms with van der Waals surface area (Å²) in [6.07, 6.45) is 2.54. The van der Waals surface area contributed by atoms with E-state index < -0.39 is 0 Å². The zero-order valence-corrected chi connectivity index (χ0v) is 9.86. The predicted molar refractivity (Wildman–Crippen MR) is 61.2 cm³/mol. The number of hydrogen-bond donors (Lipinski definition) is 1. The summed E-state index contributed by atoms with van der Waals surface area (Å²) in [5, 5.41) is 3.51. The molecule has 0 amide bonds. The summed E-state index contributed by atoms with van der Waals surface area (Å²) in [6, 6.07) is 1.49. The molecule has 0 aromatic carbocycles. The fourth-order valence-corrected chi connectivity index (χ4v) is 2.94. The molecule has 1 N–H and O–H groups in total. The molecule has 0 bridgehead atoms. The van der Waals surface area contributed by atoms with Crippen LogP contribution in [0.1, 0.15) is 26.7 Å². The fourth-order valence-electron chi connectivity index (χ4n) is 1.96. The third kappa shape index (κ3) is 3.49. The average molecular weight is 202 g/mol. The maximum absolute atomic E-state index is 3.51. The van der Waals surface area contributed by atoms with E-state index in [0.29, 0.717) is 0 Å². The first-order valence-electron chi connectivity index (χ1n) is 5.29. The van der Waals surface area contributed by atoms with Crippen LogP contribution in [0, 0.1) is 0 Å². The second-order valence-electron chi connectivity index (χ2n) is 3.83. The minimum Gasteiger partial charge on any atom is -0.303 e. The van der Waals surface area contributed by atoms with E-state index >= 15 is 0 Å². The molecule has 0 radical (unpaired) electrons. The molecule has 0 aliphatic carbocycles. The minimum absolute atomic E-state index is 0.718. The molecule has 0 aromatic rings. The average Bonchev–Trinajstić information content (AvgIpc) is 2.59. The van der Waals surface area contributed by atoms with E-state index in [1.54, 1.807) is 0 Å². The van der Waals surface area contributed by atoms with E-state index in [9.17, 15) is 0 Å². The van der Waals surface area contributed by atoms with E-state index in [1.807, 2.05) is 11.8 Å². The van der Waals surface area contributed by atoms with Crippen LogP contribution in [0.15, 0.2) is 0 Å². The van der Waals surface area contributed by atoms with Crippen molar-refractivity contribution in [3.05, 3.63) is 0 Å². The van der Waals surface area contributed by atoms with Crippen LogP contribution < -0.4 is 5.32 Å². The van der Waals surface area contributed by atoms with E-state index in [2.05, 4.69) is 31.1 Å². The van der Waals surface area contributed by atoms with Crippen molar-refractivity contribution in [1.82, 2.24) is 10.2 Å². The molecular weight excluding hydrogens is 180 g/mol. The Balaban J connectivity index is 2.25. The third-order valence-corrected chi connectivity index (χ3v) is 3.88. The SMILES string of the molecule is CCC(CC)N(C)CC1CSCN1. The molecule has 2 nitrogen and oxygen atoms in total. The summed E-state index contributed by atoms with van der Waals surface area (Å²) in [4.78, 5) is 2.50. The second kappa shape index (κ2) is 5.89. The van der Waals surface area contributed by atoms with Gasteiger partial charge < -0.3 is 10.2 Å². The van der Waals surface area contributed by atoms with Crippen molar-refractivity contribution in [3.8, 4) is 0 Å². The lowest BCUT2D eigenvalue weighted by atomic mass is 10.1. The highest BCUT2D eigenvalue weighted by molar-refractivity contribution is 7.99. The quantitative estimate of drug-likeness (QED) is 0.731.